The molecule has 2 aliphatic rings. The second kappa shape index (κ2) is 13.8. The number of hydrogen-bond acceptors (Lipinski definition) is 8. The maximum Gasteiger partial charge on any atom is 0.264 e. The molecule has 0 aliphatic carbocycles. The summed E-state index contributed by atoms with van der Waals surface area (Å²) in [4.78, 5) is 34.8. The Balaban J connectivity index is 1.32. The van der Waals surface area contributed by atoms with Gasteiger partial charge in [0.15, 0.2) is 23.0 Å². The van der Waals surface area contributed by atoms with Crippen molar-refractivity contribution in [2.45, 2.75) is 25.4 Å². The minimum Gasteiger partial charge on any atom is -0.493 e. The first-order chi connectivity index (χ1) is 22.9. The van der Waals surface area contributed by atoms with Gasteiger partial charge in [0.1, 0.15) is 0 Å². The van der Waals surface area contributed by atoms with Crippen molar-refractivity contribution in [3.8, 4) is 23.0 Å². The molecule has 1 fully saturated rings. The first-order valence-electron chi connectivity index (χ1n) is 15.9. The van der Waals surface area contributed by atoms with Crippen molar-refractivity contribution in [3.63, 3.8) is 0 Å². The lowest BCUT2D eigenvalue weighted by atomic mass is 9.96. The summed E-state index contributed by atoms with van der Waals surface area (Å²) in [7, 11) is 6.32. The third-order valence-corrected chi connectivity index (χ3v) is 9.39. The number of anilines is 1. The molecule has 0 bridgehead atoms. The summed E-state index contributed by atoms with van der Waals surface area (Å²) in [5, 5.41) is 0. The van der Waals surface area contributed by atoms with Crippen molar-refractivity contribution in [3.05, 3.63) is 113 Å². The Kier molecular flexibility index (Phi) is 9.36. The van der Waals surface area contributed by atoms with Crippen LogP contribution in [0, 0.1) is 0 Å². The van der Waals surface area contributed by atoms with Crippen molar-refractivity contribution in [2.24, 2.45) is 0 Å². The van der Waals surface area contributed by atoms with Gasteiger partial charge in [-0.2, -0.15) is 0 Å². The highest BCUT2D eigenvalue weighted by atomic mass is 16.5. The van der Waals surface area contributed by atoms with Gasteiger partial charge in [-0.15, -0.1) is 0 Å². The molecule has 4 aromatic carbocycles. The Hall–Kier alpha value is -5.02. The van der Waals surface area contributed by atoms with E-state index < -0.39 is 6.04 Å². The summed E-state index contributed by atoms with van der Waals surface area (Å²) < 4.78 is 22.1. The molecule has 0 spiro atoms. The number of rotatable bonds is 11. The van der Waals surface area contributed by atoms with Crippen LogP contribution < -0.4 is 23.8 Å². The quantitative estimate of drug-likeness (QED) is 0.181. The Morgan fingerprint density at radius 1 is 0.638 bits per heavy atom. The van der Waals surface area contributed by atoms with Gasteiger partial charge in [0, 0.05) is 32.2 Å². The number of piperazine rings is 1. The molecule has 2 atom stereocenters. The van der Waals surface area contributed by atoms with E-state index in [1.165, 1.54) is 10.5 Å². The molecule has 9 nitrogen and oxygen atoms in total. The molecule has 1 saturated heterocycles. The van der Waals surface area contributed by atoms with E-state index in [1.807, 2.05) is 48.5 Å². The lowest BCUT2D eigenvalue weighted by Gasteiger charge is -2.39. The molecule has 4 aromatic rings. The van der Waals surface area contributed by atoms with Crippen LogP contribution in [0.5, 0.6) is 23.0 Å². The zero-order valence-electron chi connectivity index (χ0n) is 27.6. The first kappa shape index (κ1) is 31.9. The molecular weight excluding hydrogens is 594 g/mol. The van der Waals surface area contributed by atoms with Crippen LogP contribution >= 0.6 is 0 Å². The smallest absolute Gasteiger partial charge is 0.264 e. The summed E-state index contributed by atoms with van der Waals surface area (Å²) in [6.07, 6.45) is 0.354. The molecule has 2 amide bonds. The van der Waals surface area contributed by atoms with Crippen LogP contribution in [0.2, 0.25) is 0 Å². The number of imide groups is 1. The minimum absolute atomic E-state index is 0.289. The molecular formula is C38H41N3O6. The third kappa shape index (κ3) is 6.11. The van der Waals surface area contributed by atoms with Gasteiger partial charge in [-0.1, -0.05) is 48.5 Å². The summed E-state index contributed by atoms with van der Waals surface area (Å²) in [6, 6.07) is 26.9. The second-order valence-corrected chi connectivity index (χ2v) is 11.8. The molecule has 2 aliphatic heterocycles. The summed E-state index contributed by atoms with van der Waals surface area (Å²) >= 11 is 0. The number of carbonyl (C=O) groups excluding carboxylic acids is 2. The van der Waals surface area contributed by atoms with E-state index in [9.17, 15) is 9.59 Å². The summed E-state index contributed by atoms with van der Waals surface area (Å²) in [6.45, 7) is 5.43. The van der Waals surface area contributed by atoms with E-state index in [4.69, 9.17) is 18.9 Å². The van der Waals surface area contributed by atoms with Crippen LogP contribution in [0.4, 0.5) is 5.69 Å². The van der Waals surface area contributed by atoms with Crippen LogP contribution in [0.3, 0.4) is 0 Å². The maximum absolute atomic E-state index is 14.5. The fourth-order valence-electron chi connectivity index (χ4n) is 6.77. The highest BCUT2D eigenvalue weighted by Gasteiger charge is 2.43. The van der Waals surface area contributed by atoms with Crippen molar-refractivity contribution in [1.82, 2.24) is 9.80 Å². The lowest BCUT2D eigenvalue weighted by molar-refractivity contribution is 0.0581. The molecule has 47 heavy (non-hydrogen) atoms. The van der Waals surface area contributed by atoms with Gasteiger partial charge in [0.2, 0.25) is 0 Å². The van der Waals surface area contributed by atoms with E-state index >= 15 is 0 Å². The largest absolute Gasteiger partial charge is 0.493 e. The van der Waals surface area contributed by atoms with Crippen LogP contribution in [0.15, 0.2) is 84.9 Å². The molecule has 0 N–H and O–H groups in total. The SMILES string of the molecule is COc1ccc(CC(c2ccc(OC)c(OC)c2)N2C(=O)c3cccc(N4CCN(C(C)c5ccccc5)CC4)c3C2=O)cc1OC. The average Bonchev–Trinajstić information content (AvgIpc) is 3.38. The van der Waals surface area contributed by atoms with Crippen LogP contribution in [0.25, 0.3) is 0 Å². The number of methoxy groups -OCH3 is 4. The normalized spacial score (nSPS) is 16.1. The molecule has 9 heteroatoms. The predicted molar refractivity (Wildman–Crippen MR) is 181 cm³/mol. The number of ether oxygens (including phenoxy) is 4. The number of nitrogens with zero attached hydrogens (tertiary/aromatic N) is 3. The Labute approximate surface area is 276 Å². The maximum atomic E-state index is 14.5. The Morgan fingerprint density at radius 3 is 1.94 bits per heavy atom. The van der Waals surface area contributed by atoms with Gasteiger partial charge in [-0.25, -0.2) is 0 Å². The molecule has 2 heterocycles. The molecule has 6 rings (SSSR count). The molecule has 2 unspecified atom stereocenters. The summed E-state index contributed by atoms with van der Waals surface area (Å²) in [5.74, 6) is 1.63. The van der Waals surface area contributed by atoms with Gasteiger partial charge in [0.05, 0.1) is 51.3 Å². The molecule has 0 radical (unpaired) electrons. The zero-order chi connectivity index (χ0) is 33.1. The topological polar surface area (TPSA) is 80.8 Å². The van der Waals surface area contributed by atoms with Crippen molar-refractivity contribution < 1.29 is 28.5 Å². The van der Waals surface area contributed by atoms with Crippen molar-refractivity contribution in [1.29, 1.82) is 0 Å². The fourth-order valence-corrected chi connectivity index (χ4v) is 6.77. The summed E-state index contributed by atoms with van der Waals surface area (Å²) in [5.41, 5.74) is 4.59. The number of benzene rings is 4. The number of fused-ring (bicyclic) bond motifs is 1. The van der Waals surface area contributed by atoms with E-state index in [2.05, 4.69) is 41.0 Å². The average molecular weight is 636 g/mol. The van der Waals surface area contributed by atoms with E-state index in [-0.39, 0.29) is 17.9 Å². The monoisotopic (exact) mass is 635 g/mol. The molecule has 0 aromatic heterocycles. The van der Waals surface area contributed by atoms with E-state index in [0.717, 1.165) is 43.0 Å². The fraction of sp³-hybridized carbons (Fsp3) is 0.316. The van der Waals surface area contributed by atoms with Gasteiger partial charge < -0.3 is 23.8 Å². The second-order valence-electron chi connectivity index (χ2n) is 11.8. The predicted octanol–water partition coefficient (Wildman–Crippen LogP) is 6.18. The number of carbonyl (C=O) groups is 2. The first-order valence-corrected chi connectivity index (χ1v) is 15.9. The van der Waals surface area contributed by atoms with E-state index in [1.54, 1.807) is 40.6 Å². The van der Waals surface area contributed by atoms with Gasteiger partial charge in [0.25, 0.3) is 11.8 Å². The Morgan fingerprint density at radius 2 is 1.28 bits per heavy atom. The van der Waals surface area contributed by atoms with Crippen LogP contribution in [-0.4, -0.2) is 76.2 Å². The highest BCUT2D eigenvalue weighted by molar-refractivity contribution is 6.24. The van der Waals surface area contributed by atoms with Crippen molar-refractivity contribution in [2.75, 3.05) is 59.5 Å². The third-order valence-electron chi connectivity index (χ3n) is 9.39. The lowest BCUT2D eigenvalue weighted by Crippen LogP contribution is -2.47. The minimum atomic E-state index is -0.628. The highest BCUT2D eigenvalue weighted by Crippen LogP contribution is 2.41. The van der Waals surface area contributed by atoms with E-state index in [0.29, 0.717) is 40.5 Å². The van der Waals surface area contributed by atoms with Gasteiger partial charge in [-0.05, 0) is 66.4 Å². The van der Waals surface area contributed by atoms with Crippen molar-refractivity contribution >= 4 is 17.5 Å². The number of hydrogen-bond donors (Lipinski definition) is 0. The molecule has 0 saturated carbocycles. The van der Waals surface area contributed by atoms with Gasteiger partial charge >= 0.3 is 0 Å². The standard InChI is InChI=1S/C38H41N3O6/c1-25(27-10-7-6-8-11-27)39-18-20-40(21-19-39)30-13-9-12-29-36(30)38(43)41(37(29)42)31(28-15-17-33(45-3)35(24-28)47-5)22-26-14-16-32(44-2)34(23-26)46-4/h6-17,23-25,31H,18-22H2,1-5H3. The zero-order valence-corrected chi connectivity index (χ0v) is 27.6. The van der Waals surface area contributed by atoms with Crippen LogP contribution in [-0.2, 0) is 6.42 Å². The Bertz CT molecular complexity index is 1750. The van der Waals surface area contributed by atoms with Gasteiger partial charge in [-0.3, -0.25) is 19.4 Å². The number of amides is 2. The molecule has 244 valence electrons. The van der Waals surface area contributed by atoms with Crippen LogP contribution in [0.1, 0.15) is 56.4 Å².